The number of carboxylic acids is 1. The number of nitrogens with zero attached hydrogens (tertiary/aromatic N) is 1. The van der Waals surface area contributed by atoms with Gasteiger partial charge in [0.15, 0.2) is 11.5 Å². The number of ether oxygens (including phenoxy) is 2. The van der Waals surface area contributed by atoms with Crippen LogP contribution in [0.25, 0.3) is 0 Å². The van der Waals surface area contributed by atoms with Crippen molar-refractivity contribution in [3.63, 3.8) is 0 Å². The molecule has 22 heavy (non-hydrogen) atoms. The zero-order chi connectivity index (χ0) is 15.9. The first-order valence-corrected chi connectivity index (χ1v) is 7.29. The monoisotopic (exact) mass is 306 g/mol. The maximum atomic E-state index is 12.5. The van der Waals surface area contributed by atoms with E-state index in [0.717, 1.165) is 0 Å². The number of hydrogen-bond acceptors (Lipinski definition) is 5. The summed E-state index contributed by atoms with van der Waals surface area (Å²) in [5, 5.41) is 12.5. The van der Waals surface area contributed by atoms with Crippen LogP contribution in [0, 0.1) is 0 Å². The van der Waals surface area contributed by atoms with Gasteiger partial charge in [-0.1, -0.05) is 6.92 Å². The van der Waals surface area contributed by atoms with Crippen molar-refractivity contribution in [2.45, 2.75) is 32.4 Å². The van der Waals surface area contributed by atoms with Crippen LogP contribution in [-0.4, -0.2) is 42.3 Å². The Bertz CT molecular complexity index is 631. The lowest BCUT2D eigenvalue weighted by atomic mass is 10.0. The van der Waals surface area contributed by atoms with Gasteiger partial charge in [-0.2, -0.15) is 0 Å². The fourth-order valence-corrected chi connectivity index (χ4v) is 2.80. The van der Waals surface area contributed by atoms with E-state index in [1.54, 1.807) is 26.0 Å². The molecule has 0 aliphatic carbocycles. The van der Waals surface area contributed by atoms with Gasteiger partial charge in [0.2, 0.25) is 5.91 Å². The van der Waals surface area contributed by atoms with Gasteiger partial charge in [-0.3, -0.25) is 9.69 Å². The van der Waals surface area contributed by atoms with Crippen molar-refractivity contribution in [2.75, 3.05) is 23.4 Å². The molecule has 1 amide bonds. The Balaban J connectivity index is 2.11. The maximum absolute atomic E-state index is 12.5. The van der Waals surface area contributed by atoms with Crippen LogP contribution in [0.15, 0.2) is 12.1 Å². The number of anilines is 2. The van der Waals surface area contributed by atoms with Crippen LogP contribution in [0.4, 0.5) is 11.4 Å². The summed E-state index contributed by atoms with van der Waals surface area (Å²) in [7, 11) is 0. The molecule has 0 saturated carbocycles. The molecule has 0 spiro atoms. The van der Waals surface area contributed by atoms with Crippen LogP contribution in [0.3, 0.4) is 0 Å². The van der Waals surface area contributed by atoms with E-state index in [-0.39, 0.29) is 5.91 Å². The minimum Gasteiger partial charge on any atom is -0.486 e. The van der Waals surface area contributed by atoms with E-state index >= 15 is 0 Å². The van der Waals surface area contributed by atoms with Crippen molar-refractivity contribution in [3.8, 4) is 11.5 Å². The van der Waals surface area contributed by atoms with E-state index in [2.05, 4.69) is 5.32 Å². The maximum Gasteiger partial charge on any atom is 0.326 e. The number of aliphatic carboxylic acids is 1. The zero-order valence-corrected chi connectivity index (χ0v) is 12.5. The summed E-state index contributed by atoms with van der Waals surface area (Å²) in [5.41, 5.74) is 1.19. The molecule has 3 rings (SSSR count). The first-order chi connectivity index (χ1) is 10.5. The largest absolute Gasteiger partial charge is 0.486 e. The van der Waals surface area contributed by atoms with Gasteiger partial charge in [-0.05, 0) is 13.3 Å². The normalized spacial score (nSPS) is 20.9. The zero-order valence-electron chi connectivity index (χ0n) is 12.5. The molecule has 118 valence electrons. The molecule has 0 bridgehead atoms. The average molecular weight is 306 g/mol. The first-order valence-electron chi connectivity index (χ1n) is 7.29. The predicted octanol–water partition coefficient (Wildman–Crippen LogP) is 1.47. The second-order valence-corrected chi connectivity index (χ2v) is 5.35. The molecule has 2 heterocycles. The van der Waals surface area contributed by atoms with Gasteiger partial charge >= 0.3 is 5.97 Å². The second-order valence-electron chi connectivity index (χ2n) is 5.35. The number of amides is 1. The highest BCUT2D eigenvalue weighted by Gasteiger charge is 2.38. The molecule has 7 nitrogen and oxygen atoms in total. The Hall–Kier alpha value is -2.44. The molecule has 2 aliphatic heterocycles. The van der Waals surface area contributed by atoms with Crippen molar-refractivity contribution in [2.24, 2.45) is 0 Å². The molecule has 2 unspecified atom stereocenters. The lowest BCUT2D eigenvalue weighted by Crippen LogP contribution is -2.53. The summed E-state index contributed by atoms with van der Waals surface area (Å²) < 4.78 is 11.1. The molecule has 0 fully saturated rings. The van der Waals surface area contributed by atoms with Crippen LogP contribution < -0.4 is 19.7 Å². The third-order valence-corrected chi connectivity index (χ3v) is 3.88. The van der Waals surface area contributed by atoms with E-state index in [1.165, 1.54) is 4.90 Å². The highest BCUT2D eigenvalue weighted by atomic mass is 16.6. The van der Waals surface area contributed by atoms with Crippen molar-refractivity contribution >= 4 is 23.3 Å². The van der Waals surface area contributed by atoms with E-state index in [4.69, 9.17) is 9.47 Å². The number of nitrogens with one attached hydrogen (secondary N) is 1. The van der Waals surface area contributed by atoms with Crippen molar-refractivity contribution < 1.29 is 24.2 Å². The number of carbonyl (C=O) groups is 2. The highest BCUT2D eigenvalue weighted by Crippen LogP contribution is 2.43. The van der Waals surface area contributed by atoms with Gasteiger partial charge in [0, 0.05) is 12.1 Å². The summed E-state index contributed by atoms with van der Waals surface area (Å²) in [5.74, 6) is -0.161. The van der Waals surface area contributed by atoms with E-state index in [1.807, 2.05) is 0 Å². The quantitative estimate of drug-likeness (QED) is 0.879. The van der Waals surface area contributed by atoms with Crippen LogP contribution in [0.2, 0.25) is 0 Å². The summed E-state index contributed by atoms with van der Waals surface area (Å²) in [6, 6.07) is 2.03. The molecule has 2 N–H and O–H groups in total. The van der Waals surface area contributed by atoms with Crippen molar-refractivity contribution in [3.05, 3.63) is 12.1 Å². The summed E-state index contributed by atoms with van der Waals surface area (Å²) in [4.78, 5) is 25.3. The topological polar surface area (TPSA) is 88.1 Å². The van der Waals surface area contributed by atoms with Crippen LogP contribution >= 0.6 is 0 Å². The number of carbonyl (C=O) groups excluding carboxylic acids is 1. The minimum absolute atomic E-state index is 0.265. The van der Waals surface area contributed by atoms with Gasteiger partial charge in [0.05, 0.1) is 11.4 Å². The van der Waals surface area contributed by atoms with Crippen LogP contribution in [0.1, 0.15) is 20.3 Å². The lowest BCUT2D eigenvalue weighted by Gasteiger charge is -2.38. The van der Waals surface area contributed by atoms with Crippen LogP contribution in [0.5, 0.6) is 11.5 Å². The predicted molar refractivity (Wildman–Crippen MR) is 79.7 cm³/mol. The fraction of sp³-hybridized carbons (Fsp3) is 0.467. The number of benzene rings is 1. The first kappa shape index (κ1) is 14.5. The molecule has 1 aromatic rings. The Morgan fingerprint density at radius 2 is 2.05 bits per heavy atom. The Morgan fingerprint density at radius 3 is 2.64 bits per heavy atom. The molecule has 2 aliphatic rings. The fourth-order valence-electron chi connectivity index (χ4n) is 2.80. The Labute approximate surface area is 127 Å². The van der Waals surface area contributed by atoms with Gasteiger partial charge < -0.3 is 19.9 Å². The van der Waals surface area contributed by atoms with Crippen molar-refractivity contribution in [1.29, 1.82) is 0 Å². The van der Waals surface area contributed by atoms with Gasteiger partial charge in [0.1, 0.15) is 25.3 Å². The molecule has 2 atom stereocenters. The molecule has 7 heteroatoms. The van der Waals surface area contributed by atoms with Crippen molar-refractivity contribution in [1.82, 2.24) is 0 Å². The summed E-state index contributed by atoms with van der Waals surface area (Å²) >= 11 is 0. The van der Waals surface area contributed by atoms with E-state index < -0.39 is 18.1 Å². The molecule has 1 aromatic carbocycles. The van der Waals surface area contributed by atoms with E-state index in [0.29, 0.717) is 42.5 Å². The molecular formula is C15H18N2O5. The Kier molecular flexibility index (Phi) is 3.56. The summed E-state index contributed by atoms with van der Waals surface area (Å²) in [6.45, 7) is 4.36. The van der Waals surface area contributed by atoms with Gasteiger partial charge in [-0.25, -0.2) is 4.79 Å². The minimum atomic E-state index is -1.02. The lowest BCUT2D eigenvalue weighted by molar-refractivity contribution is -0.140. The number of fused-ring (bicyclic) bond motifs is 2. The number of hydrogen-bond donors (Lipinski definition) is 2. The standard InChI is InChI=1S/C15H18N2O5/c1-3-10(15(19)20)17-11-7-13-12(21-4-5-22-13)6-9(11)16-8(2)14(17)18/h6-8,10,16H,3-5H2,1-2H3,(H,19,20). The third-order valence-electron chi connectivity index (χ3n) is 3.88. The van der Waals surface area contributed by atoms with Gasteiger partial charge in [-0.15, -0.1) is 0 Å². The SMILES string of the molecule is CCC(C(=O)O)N1C(=O)C(C)Nc2cc3c(cc21)OCCO3. The smallest absolute Gasteiger partial charge is 0.326 e. The van der Waals surface area contributed by atoms with Gasteiger partial charge in [0.25, 0.3) is 0 Å². The van der Waals surface area contributed by atoms with Crippen LogP contribution in [-0.2, 0) is 9.59 Å². The molecule has 0 saturated heterocycles. The average Bonchev–Trinajstić information content (AvgIpc) is 2.50. The molecule has 0 aromatic heterocycles. The molecule has 0 radical (unpaired) electrons. The highest BCUT2D eigenvalue weighted by molar-refractivity contribution is 6.08. The summed E-state index contributed by atoms with van der Waals surface area (Å²) in [6.07, 6.45) is 0.321. The Morgan fingerprint density at radius 1 is 1.41 bits per heavy atom. The van der Waals surface area contributed by atoms with E-state index in [9.17, 15) is 14.7 Å². The number of rotatable bonds is 3. The third kappa shape index (κ3) is 2.22. The molecular weight excluding hydrogens is 288 g/mol. The number of carboxylic acid groups (broad SMARTS) is 1. The second kappa shape index (κ2) is 5.40.